The average molecular weight is 269 g/mol. The monoisotopic (exact) mass is 269 g/mol. The van der Waals surface area contributed by atoms with Gasteiger partial charge in [-0.2, -0.15) is 5.10 Å². The third-order valence-electron chi connectivity index (χ3n) is 4.48. The van der Waals surface area contributed by atoms with Crippen molar-refractivity contribution in [2.45, 2.75) is 53.1 Å². The molecule has 0 aliphatic carbocycles. The molecule has 0 aromatic carbocycles. The summed E-state index contributed by atoms with van der Waals surface area (Å²) in [5.74, 6) is 0.507. The molecule has 0 fully saturated rings. The van der Waals surface area contributed by atoms with Gasteiger partial charge >= 0.3 is 0 Å². The van der Waals surface area contributed by atoms with E-state index >= 15 is 0 Å². The van der Waals surface area contributed by atoms with Gasteiger partial charge in [0.05, 0.1) is 11.4 Å². The lowest BCUT2D eigenvalue weighted by atomic mass is 9.90. The Morgan fingerprint density at radius 3 is 2.80 bits per heavy atom. The highest BCUT2D eigenvalue weighted by Crippen LogP contribution is 2.35. The molecule has 0 amide bonds. The number of hydrogen-bond donors (Lipinski definition) is 0. The van der Waals surface area contributed by atoms with E-state index in [9.17, 15) is 0 Å². The van der Waals surface area contributed by atoms with Crippen LogP contribution in [0.1, 0.15) is 47.0 Å². The van der Waals surface area contributed by atoms with Crippen LogP contribution in [0.25, 0.3) is 0 Å². The molecule has 0 aromatic heterocycles. The normalized spacial score (nSPS) is 28.6. The van der Waals surface area contributed by atoms with Gasteiger partial charge in [-0.05, 0) is 50.3 Å². The van der Waals surface area contributed by atoms with Crippen molar-refractivity contribution in [2.75, 3.05) is 0 Å². The van der Waals surface area contributed by atoms with Crippen molar-refractivity contribution >= 4 is 11.4 Å². The first-order chi connectivity index (χ1) is 9.63. The van der Waals surface area contributed by atoms with Crippen LogP contribution >= 0.6 is 0 Å². The van der Waals surface area contributed by atoms with E-state index in [1.54, 1.807) is 0 Å². The largest absolute Gasteiger partial charge is 0.263 e. The van der Waals surface area contributed by atoms with Crippen molar-refractivity contribution in [1.82, 2.24) is 5.01 Å². The third-order valence-corrected chi connectivity index (χ3v) is 4.48. The molecule has 20 heavy (non-hydrogen) atoms. The van der Waals surface area contributed by atoms with Gasteiger partial charge in [-0.1, -0.05) is 26.0 Å². The van der Waals surface area contributed by atoms with Gasteiger partial charge in [-0.15, -0.1) is 0 Å². The number of dihydropyridines is 1. The molecule has 0 spiro atoms. The van der Waals surface area contributed by atoms with E-state index in [0.29, 0.717) is 5.92 Å². The van der Waals surface area contributed by atoms with Crippen LogP contribution in [0.5, 0.6) is 0 Å². The van der Waals surface area contributed by atoms with Crippen molar-refractivity contribution in [3.8, 4) is 0 Å². The lowest BCUT2D eigenvalue weighted by molar-refractivity contribution is 0.289. The van der Waals surface area contributed by atoms with Gasteiger partial charge in [0.2, 0.25) is 0 Å². The lowest BCUT2D eigenvalue weighted by Gasteiger charge is -2.38. The second kappa shape index (κ2) is 5.04. The highest BCUT2D eigenvalue weighted by atomic mass is 15.5. The Bertz CT molecular complexity index is 575. The van der Waals surface area contributed by atoms with E-state index < -0.39 is 0 Å². The number of rotatable bonds is 2. The lowest BCUT2D eigenvalue weighted by Crippen LogP contribution is -2.39. The van der Waals surface area contributed by atoms with Crippen LogP contribution < -0.4 is 0 Å². The summed E-state index contributed by atoms with van der Waals surface area (Å²) in [6.07, 6.45) is 10.1. The topological polar surface area (TPSA) is 28.0 Å². The van der Waals surface area contributed by atoms with Crippen molar-refractivity contribution < 1.29 is 0 Å². The molecule has 0 saturated heterocycles. The van der Waals surface area contributed by atoms with Gasteiger partial charge in [-0.3, -0.25) is 4.99 Å². The maximum atomic E-state index is 4.93. The number of allylic oxidation sites excluding steroid dienone is 4. The zero-order chi connectivity index (χ0) is 14.3. The highest BCUT2D eigenvalue weighted by Gasteiger charge is 2.32. The molecule has 106 valence electrons. The minimum Gasteiger partial charge on any atom is -0.263 e. The predicted molar refractivity (Wildman–Crippen MR) is 84.8 cm³/mol. The fourth-order valence-corrected chi connectivity index (χ4v) is 3.19. The Morgan fingerprint density at radius 1 is 1.30 bits per heavy atom. The van der Waals surface area contributed by atoms with Crippen molar-refractivity contribution in [3.63, 3.8) is 0 Å². The Labute approximate surface area is 121 Å². The van der Waals surface area contributed by atoms with Crippen LogP contribution in [0.3, 0.4) is 0 Å². The minimum atomic E-state index is 0.0868. The van der Waals surface area contributed by atoms with Crippen LogP contribution in [0.2, 0.25) is 0 Å². The van der Waals surface area contributed by atoms with E-state index in [1.807, 2.05) is 0 Å². The van der Waals surface area contributed by atoms with Gasteiger partial charge in [0.1, 0.15) is 0 Å². The zero-order valence-electron chi connectivity index (χ0n) is 12.8. The molecular formula is C17H23N3. The van der Waals surface area contributed by atoms with Gasteiger partial charge < -0.3 is 0 Å². The Kier molecular flexibility index (Phi) is 3.36. The fraction of sp³-hybridized carbons (Fsp3) is 0.529. The quantitative estimate of drug-likeness (QED) is 0.695. The van der Waals surface area contributed by atoms with Crippen LogP contribution in [0.15, 0.2) is 45.2 Å². The first-order valence-corrected chi connectivity index (χ1v) is 7.64. The maximum absolute atomic E-state index is 4.93. The smallest absolute Gasteiger partial charge is 0.163 e. The molecule has 2 unspecified atom stereocenters. The predicted octanol–water partition coefficient (Wildman–Crippen LogP) is 4.06. The zero-order valence-corrected chi connectivity index (χ0v) is 12.8. The molecule has 3 rings (SSSR count). The number of aliphatic imine (C=N–C) groups is 1. The molecule has 3 aliphatic heterocycles. The van der Waals surface area contributed by atoms with E-state index in [2.05, 4.69) is 50.9 Å². The molecule has 0 radical (unpaired) electrons. The second-order valence-electron chi connectivity index (χ2n) is 5.81. The molecule has 3 nitrogen and oxygen atoms in total. The van der Waals surface area contributed by atoms with Crippen molar-refractivity contribution in [3.05, 3.63) is 35.1 Å². The summed E-state index contributed by atoms with van der Waals surface area (Å²) < 4.78 is 0. The summed E-state index contributed by atoms with van der Waals surface area (Å²) in [5.41, 5.74) is 6.30. The van der Waals surface area contributed by atoms with E-state index in [4.69, 9.17) is 10.1 Å². The molecule has 3 heteroatoms. The summed E-state index contributed by atoms with van der Waals surface area (Å²) >= 11 is 0. The van der Waals surface area contributed by atoms with Gasteiger partial charge in [0, 0.05) is 11.6 Å². The van der Waals surface area contributed by atoms with Crippen LogP contribution in [-0.2, 0) is 0 Å². The SMILES string of the molecule is CCC1=NN2C(=CCC3=CC(CC)C(C)=NC32)C=C1C. The minimum absolute atomic E-state index is 0.0868. The van der Waals surface area contributed by atoms with Crippen LogP contribution in [-0.4, -0.2) is 22.6 Å². The number of fused-ring (bicyclic) bond motifs is 3. The molecular weight excluding hydrogens is 246 g/mol. The van der Waals surface area contributed by atoms with E-state index in [-0.39, 0.29) is 6.17 Å². The summed E-state index contributed by atoms with van der Waals surface area (Å²) in [7, 11) is 0. The first kappa shape index (κ1) is 13.3. The number of hydrazone groups is 1. The first-order valence-electron chi connectivity index (χ1n) is 7.64. The van der Waals surface area contributed by atoms with Crippen LogP contribution in [0, 0.1) is 5.92 Å². The Balaban J connectivity index is 2.00. The fourth-order valence-electron chi connectivity index (χ4n) is 3.19. The summed E-state index contributed by atoms with van der Waals surface area (Å²) in [4.78, 5) is 4.93. The highest BCUT2D eigenvalue weighted by molar-refractivity contribution is 6.00. The molecule has 2 atom stereocenters. The van der Waals surface area contributed by atoms with Crippen molar-refractivity contribution in [2.24, 2.45) is 16.0 Å². The van der Waals surface area contributed by atoms with Gasteiger partial charge in [0.15, 0.2) is 6.17 Å². The molecule has 0 N–H and O–H groups in total. The standard InChI is InChI=1S/C17H23N3/c1-5-13-10-14-7-8-15-9-11(3)16(6-2)19-20(15)17(14)18-12(13)4/h8-10,13,17H,5-7H2,1-4H3. The second-order valence-corrected chi connectivity index (χ2v) is 5.81. The summed E-state index contributed by atoms with van der Waals surface area (Å²) in [6.45, 7) is 8.68. The third kappa shape index (κ3) is 2.05. The average Bonchev–Trinajstić information content (AvgIpc) is 2.45. The maximum Gasteiger partial charge on any atom is 0.163 e. The molecule has 3 aliphatic rings. The molecule has 0 saturated carbocycles. The Morgan fingerprint density at radius 2 is 2.10 bits per heavy atom. The summed E-state index contributed by atoms with van der Waals surface area (Å²) in [6, 6.07) is 0. The van der Waals surface area contributed by atoms with E-state index in [1.165, 1.54) is 28.3 Å². The van der Waals surface area contributed by atoms with Gasteiger partial charge in [-0.25, -0.2) is 5.01 Å². The molecule has 0 bridgehead atoms. The van der Waals surface area contributed by atoms with Crippen LogP contribution in [0.4, 0.5) is 0 Å². The molecule has 0 aromatic rings. The molecule has 3 heterocycles. The summed E-state index contributed by atoms with van der Waals surface area (Å²) in [5, 5.41) is 6.95. The Hall–Kier alpha value is -1.64. The number of hydrogen-bond acceptors (Lipinski definition) is 3. The van der Waals surface area contributed by atoms with Gasteiger partial charge in [0.25, 0.3) is 0 Å². The number of nitrogens with zero attached hydrogens (tertiary/aromatic N) is 3. The van der Waals surface area contributed by atoms with E-state index in [0.717, 1.165) is 19.3 Å². The van der Waals surface area contributed by atoms with Crippen molar-refractivity contribution in [1.29, 1.82) is 0 Å².